The van der Waals surface area contributed by atoms with Crippen LogP contribution in [0.5, 0.6) is 0 Å². The number of esters is 1. The Hall–Kier alpha value is -3.29. The fourth-order valence-electron chi connectivity index (χ4n) is 2.09. The zero-order valence-electron chi connectivity index (χ0n) is 14.5. The molecule has 146 valence electrons. The highest BCUT2D eigenvalue weighted by Gasteiger charge is 2.20. The van der Waals surface area contributed by atoms with Gasteiger partial charge in [0.15, 0.2) is 6.61 Å². The SMILES string of the molecule is N#CCc1ccc(NC(=O)COC(=O)CNS(=O)(=O)c2ccccc2F)cc1. The number of nitriles is 1. The van der Waals surface area contributed by atoms with Crippen LogP contribution in [-0.2, 0) is 30.8 Å². The largest absolute Gasteiger partial charge is 0.455 e. The van der Waals surface area contributed by atoms with E-state index in [0.717, 1.165) is 17.7 Å². The Balaban J connectivity index is 1.79. The molecule has 10 heteroatoms. The van der Waals surface area contributed by atoms with Gasteiger partial charge in [-0.2, -0.15) is 9.98 Å². The summed E-state index contributed by atoms with van der Waals surface area (Å²) in [5.41, 5.74) is 1.23. The number of ether oxygens (including phenoxy) is 1. The van der Waals surface area contributed by atoms with Gasteiger partial charge in [0, 0.05) is 5.69 Å². The summed E-state index contributed by atoms with van der Waals surface area (Å²) in [6.45, 7) is -1.38. The van der Waals surface area contributed by atoms with Crippen molar-refractivity contribution in [3.63, 3.8) is 0 Å². The Labute approximate surface area is 161 Å². The highest BCUT2D eigenvalue weighted by atomic mass is 32.2. The molecule has 0 radical (unpaired) electrons. The fourth-order valence-corrected chi connectivity index (χ4v) is 3.13. The van der Waals surface area contributed by atoms with Crippen molar-refractivity contribution >= 4 is 27.6 Å². The molecule has 2 rings (SSSR count). The van der Waals surface area contributed by atoms with Crippen molar-refractivity contribution in [2.24, 2.45) is 0 Å². The lowest BCUT2D eigenvalue weighted by atomic mass is 10.1. The van der Waals surface area contributed by atoms with Crippen LogP contribution >= 0.6 is 0 Å². The number of hydrogen-bond acceptors (Lipinski definition) is 6. The van der Waals surface area contributed by atoms with Gasteiger partial charge in [0.25, 0.3) is 5.91 Å². The Kier molecular flexibility index (Phi) is 7.20. The maximum atomic E-state index is 13.5. The van der Waals surface area contributed by atoms with Gasteiger partial charge in [0.05, 0.1) is 12.5 Å². The zero-order valence-corrected chi connectivity index (χ0v) is 15.3. The number of rotatable bonds is 8. The first-order valence-corrected chi connectivity index (χ1v) is 9.45. The van der Waals surface area contributed by atoms with Gasteiger partial charge in [-0.05, 0) is 29.8 Å². The van der Waals surface area contributed by atoms with Gasteiger partial charge in [-0.25, -0.2) is 12.8 Å². The highest BCUT2D eigenvalue weighted by molar-refractivity contribution is 7.89. The Morgan fingerprint density at radius 2 is 1.79 bits per heavy atom. The van der Waals surface area contributed by atoms with Crippen molar-refractivity contribution in [1.29, 1.82) is 5.26 Å². The van der Waals surface area contributed by atoms with Gasteiger partial charge in [-0.3, -0.25) is 9.59 Å². The molecule has 0 fully saturated rings. The summed E-state index contributed by atoms with van der Waals surface area (Å²) in [7, 11) is -4.23. The zero-order chi connectivity index (χ0) is 20.6. The normalized spacial score (nSPS) is 10.7. The van der Waals surface area contributed by atoms with Gasteiger partial charge in [0.2, 0.25) is 10.0 Å². The first-order valence-electron chi connectivity index (χ1n) is 7.97. The van der Waals surface area contributed by atoms with E-state index in [-0.39, 0.29) is 6.42 Å². The summed E-state index contributed by atoms with van der Waals surface area (Å²) < 4.78 is 44.0. The van der Waals surface area contributed by atoms with Crippen LogP contribution in [0, 0.1) is 17.1 Å². The molecule has 28 heavy (non-hydrogen) atoms. The molecule has 0 aromatic heterocycles. The van der Waals surface area contributed by atoms with Crippen molar-refractivity contribution in [1.82, 2.24) is 4.72 Å². The number of hydrogen-bond donors (Lipinski definition) is 2. The summed E-state index contributed by atoms with van der Waals surface area (Å²) in [6.07, 6.45) is 0.245. The minimum Gasteiger partial charge on any atom is -0.455 e. The molecule has 0 saturated heterocycles. The van der Waals surface area contributed by atoms with E-state index in [0.29, 0.717) is 5.69 Å². The Bertz CT molecular complexity index is 1000. The van der Waals surface area contributed by atoms with Crippen LogP contribution in [0.25, 0.3) is 0 Å². The molecular weight excluding hydrogens is 389 g/mol. The van der Waals surface area contributed by atoms with E-state index in [9.17, 15) is 22.4 Å². The predicted octanol–water partition coefficient (Wildman–Crippen LogP) is 1.35. The maximum absolute atomic E-state index is 13.5. The fraction of sp³-hybridized carbons (Fsp3) is 0.167. The number of halogens is 1. The minimum atomic E-state index is -4.23. The van der Waals surface area contributed by atoms with E-state index in [1.165, 1.54) is 12.1 Å². The summed E-state index contributed by atoms with van der Waals surface area (Å²) in [5.74, 6) is -2.58. The molecule has 8 nitrogen and oxygen atoms in total. The molecule has 0 bridgehead atoms. The van der Waals surface area contributed by atoms with Crippen molar-refractivity contribution in [2.45, 2.75) is 11.3 Å². The monoisotopic (exact) mass is 405 g/mol. The highest BCUT2D eigenvalue weighted by Crippen LogP contribution is 2.13. The van der Waals surface area contributed by atoms with Gasteiger partial charge in [-0.1, -0.05) is 24.3 Å². The summed E-state index contributed by atoms with van der Waals surface area (Å²) in [5, 5.41) is 11.1. The Morgan fingerprint density at radius 1 is 1.11 bits per heavy atom. The van der Waals surface area contributed by atoms with Crippen LogP contribution in [0.4, 0.5) is 10.1 Å². The molecule has 0 unspecified atom stereocenters. The average Bonchev–Trinajstić information content (AvgIpc) is 2.67. The van der Waals surface area contributed by atoms with Gasteiger partial charge >= 0.3 is 5.97 Å². The second kappa shape index (κ2) is 9.59. The first kappa shape index (κ1) is 21.0. The molecule has 0 aliphatic rings. The van der Waals surface area contributed by atoms with Crippen LogP contribution in [0.3, 0.4) is 0 Å². The molecule has 1 amide bonds. The number of anilines is 1. The van der Waals surface area contributed by atoms with E-state index in [1.54, 1.807) is 24.3 Å². The molecule has 0 spiro atoms. The van der Waals surface area contributed by atoms with Crippen molar-refractivity contribution < 1.29 is 27.1 Å². The summed E-state index contributed by atoms with van der Waals surface area (Å²) in [6, 6.07) is 13.2. The molecule has 0 atom stereocenters. The van der Waals surface area contributed by atoms with Crippen LogP contribution in [0.1, 0.15) is 5.56 Å². The molecule has 0 aliphatic heterocycles. The molecule has 0 aliphatic carbocycles. The minimum absolute atomic E-state index is 0.245. The second-order valence-corrected chi connectivity index (χ2v) is 7.23. The van der Waals surface area contributed by atoms with E-state index in [1.807, 2.05) is 10.8 Å². The van der Waals surface area contributed by atoms with Gasteiger partial charge < -0.3 is 10.1 Å². The number of sulfonamides is 1. The molecular formula is C18H16FN3O5S. The van der Waals surface area contributed by atoms with E-state index < -0.39 is 45.8 Å². The van der Waals surface area contributed by atoms with E-state index >= 15 is 0 Å². The number of benzene rings is 2. The number of amides is 1. The lowest BCUT2D eigenvalue weighted by molar-refractivity contribution is -0.146. The molecule has 2 aromatic rings. The van der Waals surface area contributed by atoms with E-state index in [2.05, 4.69) is 10.1 Å². The van der Waals surface area contributed by atoms with Crippen molar-refractivity contribution in [2.75, 3.05) is 18.5 Å². The van der Waals surface area contributed by atoms with Crippen LogP contribution in [-0.4, -0.2) is 33.4 Å². The number of carbonyl (C=O) groups is 2. The smallest absolute Gasteiger partial charge is 0.321 e. The third kappa shape index (κ3) is 6.15. The standard InChI is InChI=1S/C18H16FN3O5S/c19-15-3-1-2-4-16(15)28(25,26)21-11-18(24)27-12-17(23)22-14-7-5-13(6-8-14)9-10-20/h1-8,21H,9,11-12H2,(H,22,23). The predicted molar refractivity (Wildman–Crippen MR) is 96.9 cm³/mol. The molecule has 2 N–H and O–H groups in total. The Morgan fingerprint density at radius 3 is 2.43 bits per heavy atom. The van der Waals surface area contributed by atoms with E-state index in [4.69, 9.17) is 5.26 Å². The van der Waals surface area contributed by atoms with Crippen molar-refractivity contribution in [3.05, 3.63) is 59.9 Å². The number of nitrogens with zero attached hydrogens (tertiary/aromatic N) is 1. The number of nitrogens with one attached hydrogen (secondary N) is 2. The summed E-state index contributed by atoms with van der Waals surface area (Å²) in [4.78, 5) is 22.8. The quantitative estimate of drug-likeness (QED) is 0.639. The van der Waals surface area contributed by atoms with Crippen molar-refractivity contribution in [3.8, 4) is 6.07 Å². The lowest BCUT2D eigenvalue weighted by Crippen LogP contribution is -2.32. The lowest BCUT2D eigenvalue weighted by Gasteiger charge is -2.09. The maximum Gasteiger partial charge on any atom is 0.321 e. The molecule has 0 saturated carbocycles. The third-order valence-electron chi connectivity index (χ3n) is 3.42. The van der Waals surface area contributed by atoms with Gasteiger partial charge in [0.1, 0.15) is 17.3 Å². The second-order valence-electron chi connectivity index (χ2n) is 5.50. The third-order valence-corrected chi connectivity index (χ3v) is 4.85. The topological polar surface area (TPSA) is 125 Å². The van der Waals surface area contributed by atoms with Crippen LogP contribution < -0.4 is 10.0 Å². The van der Waals surface area contributed by atoms with Crippen LogP contribution in [0.2, 0.25) is 0 Å². The van der Waals surface area contributed by atoms with Gasteiger partial charge in [-0.15, -0.1) is 0 Å². The molecule has 0 heterocycles. The first-order chi connectivity index (χ1) is 13.3. The summed E-state index contributed by atoms with van der Waals surface area (Å²) >= 11 is 0. The number of carbonyl (C=O) groups excluding carboxylic acids is 2. The van der Waals surface area contributed by atoms with Crippen LogP contribution in [0.15, 0.2) is 53.4 Å². The average molecular weight is 405 g/mol. The molecule has 2 aromatic carbocycles.